The molecule has 16 unspecified atom stereocenters. The summed E-state index contributed by atoms with van der Waals surface area (Å²) in [7, 11) is 0. The predicted molar refractivity (Wildman–Crippen MR) is 183 cm³/mol. The van der Waals surface area contributed by atoms with Crippen molar-refractivity contribution >= 4 is 17.7 Å². The molecular formula is C36H44O22. The van der Waals surface area contributed by atoms with Crippen molar-refractivity contribution in [1.29, 1.82) is 0 Å². The number of aromatic hydroxyl groups is 1. The van der Waals surface area contributed by atoms with Crippen molar-refractivity contribution < 1.29 is 108 Å². The summed E-state index contributed by atoms with van der Waals surface area (Å²) in [5, 5.41) is 113. The van der Waals surface area contributed by atoms with Crippen LogP contribution in [0.1, 0.15) is 41.8 Å². The summed E-state index contributed by atoms with van der Waals surface area (Å²) in [5.74, 6) is -4.10. The van der Waals surface area contributed by atoms with Gasteiger partial charge >= 0.3 is 11.9 Å². The number of hydrogen-bond donors (Lipinski definition) is 11. The number of aliphatic hydroxyl groups excluding tert-OH is 9. The third kappa shape index (κ3) is 9.13. The fourth-order valence-corrected chi connectivity index (χ4v) is 6.78. The van der Waals surface area contributed by atoms with Crippen LogP contribution in [0.15, 0.2) is 36.4 Å². The molecule has 4 aliphatic heterocycles. The number of aliphatic hydroxyl groups is 9. The molecule has 16 atom stereocenters. The Labute approximate surface area is 327 Å². The zero-order valence-corrected chi connectivity index (χ0v) is 30.4. The number of Topliss-reactive ketones (excluding diaryl/α,β-unsaturated/α-hetero) is 1. The summed E-state index contributed by atoms with van der Waals surface area (Å²) in [4.78, 5) is 36.1. The molecule has 2 aromatic rings. The number of benzene rings is 2. The molecule has 22 nitrogen and oxygen atoms in total. The highest BCUT2D eigenvalue weighted by atomic mass is 16.8. The lowest BCUT2D eigenvalue weighted by Gasteiger charge is -2.45. The van der Waals surface area contributed by atoms with Gasteiger partial charge in [-0.2, -0.15) is 0 Å². The molecule has 0 saturated carbocycles. The maximum atomic E-state index is 13.3. The Morgan fingerprint density at radius 1 is 0.741 bits per heavy atom. The highest BCUT2D eigenvalue weighted by molar-refractivity contribution is 6.02. The average molecular weight is 829 g/mol. The van der Waals surface area contributed by atoms with Gasteiger partial charge in [0.05, 0.1) is 19.1 Å². The molecule has 11 N–H and O–H groups in total. The number of rotatable bonds is 12. The first-order valence-electron chi connectivity index (χ1n) is 18.0. The number of esters is 1. The number of phenolic OH excluding ortho intramolecular Hbond substituents is 1. The van der Waals surface area contributed by atoms with E-state index in [1.165, 1.54) is 37.3 Å². The van der Waals surface area contributed by atoms with Crippen molar-refractivity contribution in [2.45, 2.75) is 118 Å². The van der Waals surface area contributed by atoms with Crippen LogP contribution in [0.5, 0.6) is 23.0 Å². The second-order valence-corrected chi connectivity index (χ2v) is 14.1. The van der Waals surface area contributed by atoms with Crippen molar-refractivity contribution in [1.82, 2.24) is 0 Å². The number of hydrogen-bond acceptors (Lipinski definition) is 21. The predicted octanol–water partition coefficient (Wildman–Crippen LogP) is -3.67. The molecule has 58 heavy (non-hydrogen) atoms. The van der Waals surface area contributed by atoms with E-state index < -0.39 is 141 Å². The van der Waals surface area contributed by atoms with E-state index in [4.69, 9.17) is 43.0 Å². The zero-order chi connectivity index (χ0) is 42.2. The Bertz CT molecular complexity index is 1770. The summed E-state index contributed by atoms with van der Waals surface area (Å²) in [5.41, 5.74) is 0.238. The maximum Gasteiger partial charge on any atom is 0.317 e. The number of carboxylic acids is 1. The van der Waals surface area contributed by atoms with Gasteiger partial charge in [0.1, 0.15) is 109 Å². The quantitative estimate of drug-likeness (QED) is 0.0725. The van der Waals surface area contributed by atoms with Gasteiger partial charge < -0.3 is 94.1 Å². The number of fused-ring (bicyclic) bond motifs is 1. The maximum absolute atomic E-state index is 13.3. The summed E-state index contributed by atoms with van der Waals surface area (Å²) < 4.78 is 44.9. The number of phenols is 1. The molecule has 0 aliphatic carbocycles. The molecule has 4 aliphatic rings. The minimum atomic E-state index is -1.96. The smallest absolute Gasteiger partial charge is 0.317 e. The second-order valence-electron chi connectivity index (χ2n) is 14.1. The Balaban J connectivity index is 1.21. The number of carboxylic acid groups (broad SMARTS) is 1. The van der Waals surface area contributed by atoms with Crippen LogP contribution in [0.2, 0.25) is 0 Å². The molecule has 4 heterocycles. The normalized spacial score (nSPS) is 37.6. The van der Waals surface area contributed by atoms with Gasteiger partial charge in [-0.25, -0.2) is 0 Å². The van der Waals surface area contributed by atoms with Gasteiger partial charge in [0.25, 0.3) is 0 Å². The summed E-state index contributed by atoms with van der Waals surface area (Å²) in [6.45, 7) is -0.0646. The molecule has 0 bridgehead atoms. The number of ketones is 1. The fourth-order valence-electron chi connectivity index (χ4n) is 6.78. The van der Waals surface area contributed by atoms with E-state index in [0.29, 0.717) is 5.56 Å². The Kier molecular flexibility index (Phi) is 13.4. The minimum absolute atomic E-state index is 0.141. The molecule has 22 heteroatoms. The molecule has 3 saturated heterocycles. The Morgan fingerprint density at radius 2 is 1.36 bits per heavy atom. The van der Waals surface area contributed by atoms with Crippen molar-refractivity contribution in [3.05, 3.63) is 47.5 Å². The summed E-state index contributed by atoms with van der Waals surface area (Å²) in [6.07, 6.45) is -26.7. The first-order valence-corrected chi connectivity index (χ1v) is 18.0. The van der Waals surface area contributed by atoms with Crippen LogP contribution in [0.4, 0.5) is 0 Å². The van der Waals surface area contributed by atoms with Gasteiger partial charge in [0.2, 0.25) is 12.6 Å². The van der Waals surface area contributed by atoms with Gasteiger partial charge in [-0.3, -0.25) is 14.4 Å². The van der Waals surface area contributed by atoms with E-state index >= 15 is 0 Å². The molecule has 0 radical (unpaired) electrons. The van der Waals surface area contributed by atoms with Gasteiger partial charge in [0, 0.05) is 12.1 Å². The molecule has 2 aromatic carbocycles. The van der Waals surface area contributed by atoms with Crippen molar-refractivity contribution in [3.8, 4) is 23.0 Å². The van der Waals surface area contributed by atoms with E-state index in [9.17, 15) is 65.4 Å². The Hall–Kier alpha value is -4.27. The first kappa shape index (κ1) is 43.3. The lowest BCUT2D eigenvalue weighted by molar-refractivity contribution is -0.354. The SMILES string of the molecule is CC1OC(OC2C(Oc3cc(O)c4c(c3)OC(c3ccc(OC5OC(CO)C(O)C(O)C5O)cc3)CC4=O)OC(COC(=O)CC(=O)O)C(O)C2O)C(O)C(O)C1O. The lowest BCUT2D eigenvalue weighted by Crippen LogP contribution is -2.64. The van der Waals surface area contributed by atoms with E-state index in [1.54, 1.807) is 0 Å². The number of aliphatic carboxylic acids is 1. The van der Waals surface area contributed by atoms with Gasteiger partial charge in [-0.1, -0.05) is 12.1 Å². The van der Waals surface area contributed by atoms with Crippen LogP contribution in [0.25, 0.3) is 0 Å². The van der Waals surface area contributed by atoms with Crippen LogP contribution >= 0.6 is 0 Å². The molecule has 0 aromatic heterocycles. The van der Waals surface area contributed by atoms with Crippen molar-refractivity contribution in [3.63, 3.8) is 0 Å². The fraction of sp³-hybridized carbons (Fsp3) is 0.583. The zero-order valence-electron chi connectivity index (χ0n) is 30.4. The average Bonchev–Trinajstić information content (AvgIpc) is 3.18. The Morgan fingerprint density at radius 3 is 2.03 bits per heavy atom. The molecule has 0 amide bonds. The molecule has 0 spiro atoms. The number of carbonyl (C=O) groups excluding carboxylic acids is 2. The van der Waals surface area contributed by atoms with Gasteiger partial charge in [0.15, 0.2) is 18.2 Å². The second kappa shape index (κ2) is 17.9. The largest absolute Gasteiger partial charge is 0.507 e. The highest BCUT2D eigenvalue weighted by Gasteiger charge is 2.51. The molecule has 320 valence electrons. The van der Waals surface area contributed by atoms with E-state index in [1.807, 2.05) is 0 Å². The molecule has 6 rings (SSSR count). The van der Waals surface area contributed by atoms with E-state index in [-0.39, 0.29) is 29.2 Å². The summed E-state index contributed by atoms with van der Waals surface area (Å²) in [6, 6.07) is 8.15. The van der Waals surface area contributed by atoms with E-state index in [0.717, 1.165) is 6.07 Å². The van der Waals surface area contributed by atoms with Crippen LogP contribution in [-0.2, 0) is 33.3 Å². The van der Waals surface area contributed by atoms with Crippen LogP contribution in [0.3, 0.4) is 0 Å². The van der Waals surface area contributed by atoms with Crippen LogP contribution in [-0.4, -0.2) is 179 Å². The van der Waals surface area contributed by atoms with Crippen molar-refractivity contribution in [2.75, 3.05) is 13.2 Å². The van der Waals surface area contributed by atoms with Crippen LogP contribution in [0, 0.1) is 0 Å². The minimum Gasteiger partial charge on any atom is -0.507 e. The van der Waals surface area contributed by atoms with Gasteiger partial charge in [-0.05, 0) is 24.6 Å². The highest BCUT2D eigenvalue weighted by Crippen LogP contribution is 2.43. The topological polar surface area (TPSA) is 348 Å². The van der Waals surface area contributed by atoms with Crippen molar-refractivity contribution in [2.24, 2.45) is 0 Å². The summed E-state index contributed by atoms with van der Waals surface area (Å²) >= 11 is 0. The molecule has 3 fully saturated rings. The molecular weight excluding hydrogens is 784 g/mol. The van der Waals surface area contributed by atoms with Crippen LogP contribution < -0.4 is 14.2 Å². The third-order valence-electron chi connectivity index (χ3n) is 10.0. The standard InChI is InChI=1S/C36H44O22/c1-12-25(43)28(46)31(49)34(52-12)58-33-30(48)27(45)21(11-51-23(42)9-22(40)41)57-36(33)54-15-6-16(38)24-17(39)8-18(55-19(24)7-15)13-2-4-14(5-3-13)53-35-32(50)29(47)26(44)20(10-37)56-35/h2-7,12,18,20-21,25-38,43-50H,8-11H2,1H3,(H,40,41). The lowest BCUT2D eigenvalue weighted by atomic mass is 9.95. The monoisotopic (exact) mass is 828 g/mol. The van der Waals surface area contributed by atoms with E-state index in [2.05, 4.69) is 0 Å². The first-order chi connectivity index (χ1) is 27.5. The number of ether oxygens (including phenoxy) is 8. The number of carbonyl (C=O) groups is 3. The van der Waals surface area contributed by atoms with Gasteiger partial charge in [-0.15, -0.1) is 0 Å². The third-order valence-corrected chi connectivity index (χ3v) is 10.0.